The van der Waals surface area contributed by atoms with Gasteiger partial charge in [0.05, 0.1) is 13.2 Å². The van der Waals surface area contributed by atoms with Crippen LogP contribution < -0.4 is 14.8 Å². The summed E-state index contributed by atoms with van der Waals surface area (Å²) in [7, 11) is 0. The Bertz CT molecular complexity index is 980. The maximum Gasteiger partial charge on any atom is 0.513 e. The van der Waals surface area contributed by atoms with Gasteiger partial charge in [0.15, 0.2) is 11.5 Å². The summed E-state index contributed by atoms with van der Waals surface area (Å²) in [4.78, 5) is 48.5. The van der Waals surface area contributed by atoms with Gasteiger partial charge >= 0.3 is 24.2 Å². The van der Waals surface area contributed by atoms with E-state index in [9.17, 15) is 24.3 Å². The second-order valence-corrected chi connectivity index (χ2v) is 10.9. The Labute approximate surface area is 243 Å². The van der Waals surface area contributed by atoms with Crippen molar-refractivity contribution in [2.75, 3.05) is 19.8 Å². The van der Waals surface area contributed by atoms with Crippen LogP contribution in [0, 0.1) is 17.8 Å². The number of hydrogen-bond donors (Lipinski definition) is 2. The van der Waals surface area contributed by atoms with Crippen LogP contribution >= 0.6 is 0 Å². The fourth-order valence-corrected chi connectivity index (χ4v) is 3.26. The van der Waals surface area contributed by atoms with E-state index in [-0.39, 0.29) is 55.5 Å². The molecule has 1 rings (SSSR count). The maximum absolute atomic E-state index is 12.4. The van der Waals surface area contributed by atoms with Crippen molar-refractivity contribution < 1.29 is 48.0 Å². The number of carbonyl (C=O) groups is 4. The van der Waals surface area contributed by atoms with Crippen LogP contribution in [0.25, 0.3) is 0 Å². The number of carbonyl (C=O) groups excluding carboxylic acids is 3. The molecule has 0 saturated carbocycles. The summed E-state index contributed by atoms with van der Waals surface area (Å²) >= 11 is 0. The van der Waals surface area contributed by atoms with Crippen molar-refractivity contribution >= 4 is 24.2 Å². The Morgan fingerprint density at radius 2 is 1.41 bits per heavy atom. The number of benzene rings is 1. The molecule has 232 valence electrons. The van der Waals surface area contributed by atoms with Crippen molar-refractivity contribution in [1.82, 2.24) is 5.32 Å². The van der Waals surface area contributed by atoms with E-state index < -0.39 is 30.4 Å². The third kappa shape index (κ3) is 15.3. The summed E-state index contributed by atoms with van der Waals surface area (Å²) in [5, 5.41) is 12.7. The highest BCUT2D eigenvalue weighted by Crippen LogP contribution is 2.30. The summed E-state index contributed by atoms with van der Waals surface area (Å²) in [6, 6.07) is 3.33. The minimum absolute atomic E-state index is 0.000364. The zero-order valence-electron chi connectivity index (χ0n) is 25.4. The third-order valence-corrected chi connectivity index (χ3v) is 6.41. The molecule has 0 spiro atoms. The minimum atomic E-state index is -1.12. The lowest BCUT2D eigenvalue weighted by atomic mass is 10.0. The Kier molecular flexibility index (Phi) is 16.5. The molecule has 0 fully saturated rings. The van der Waals surface area contributed by atoms with Gasteiger partial charge in [-0.05, 0) is 55.2 Å². The molecule has 0 aromatic heterocycles. The number of ether oxygens (including phenoxy) is 5. The van der Waals surface area contributed by atoms with Crippen LogP contribution in [0.15, 0.2) is 18.2 Å². The number of aliphatic carboxylic acids is 1. The predicted octanol–water partition coefficient (Wildman–Crippen LogP) is 5.76. The highest BCUT2D eigenvalue weighted by molar-refractivity contribution is 5.74. The van der Waals surface area contributed by atoms with E-state index >= 15 is 0 Å². The van der Waals surface area contributed by atoms with Crippen LogP contribution in [0.4, 0.5) is 9.59 Å². The topological polar surface area (TPSA) is 147 Å². The van der Waals surface area contributed by atoms with Crippen molar-refractivity contribution in [2.45, 2.75) is 92.7 Å². The molecule has 11 heteroatoms. The molecule has 1 aromatic carbocycles. The average molecular weight is 582 g/mol. The van der Waals surface area contributed by atoms with E-state index in [0.29, 0.717) is 24.3 Å². The van der Waals surface area contributed by atoms with Crippen LogP contribution in [-0.2, 0) is 30.2 Å². The van der Waals surface area contributed by atoms with Gasteiger partial charge in [0.2, 0.25) is 0 Å². The Balaban J connectivity index is 2.97. The highest BCUT2D eigenvalue weighted by Gasteiger charge is 2.22. The van der Waals surface area contributed by atoms with Gasteiger partial charge in [-0.25, -0.2) is 9.59 Å². The van der Waals surface area contributed by atoms with Gasteiger partial charge in [-0.3, -0.25) is 9.59 Å². The molecular weight excluding hydrogens is 534 g/mol. The number of carboxylic acids is 1. The van der Waals surface area contributed by atoms with E-state index in [4.69, 9.17) is 23.7 Å². The van der Waals surface area contributed by atoms with E-state index in [1.165, 1.54) is 12.1 Å². The molecule has 0 bridgehead atoms. The van der Waals surface area contributed by atoms with E-state index in [0.717, 1.165) is 12.8 Å². The smallest absolute Gasteiger partial charge is 0.480 e. The Morgan fingerprint density at radius 3 is 1.93 bits per heavy atom. The second-order valence-electron chi connectivity index (χ2n) is 10.9. The fourth-order valence-electron chi connectivity index (χ4n) is 3.26. The first-order valence-electron chi connectivity index (χ1n) is 14.3. The van der Waals surface area contributed by atoms with Crippen molar-refractivity contribution in [1.29, 1.82) is 0 Å². The zero-order valence-corrected chi connectivity index (χ0v) is 25.4. The maximum atomic E-state index is 12.4. The summed E-state index contributed by atoms with van der Waals surface area (Å²) < 4.78 is 26.3. The summed E-state index contributed by atoms with van der Waals surface area (Å²) in [5.41, 5.74) is 0.483. The first-order chi connectivity index (χ1) is 19.3. The number of nitrogens with one attached hydrogen (secondary N) is 1. The minimum Gasteiger partial charge on any atom is -0.480 e. The number of rotatable bonds is 18. The third-order valence-electron chi connectivity index (χ3n) is 6.41. The molecule has 3 unspecified atom stereocenters. The molecule has 0 saturated heterocycles. The van der Waals surface area contributed by atoms with Crippen molar-refractivity contribution in [3.8, 4) is 11.5 Å². The van der Waals surface area contributed by atoms with E-state index in [2.05, 4.69) is 5.32 Å². The van der Waals surface area contributed by atoms with E-state index in [1.807, 2.05) is 41.5 Å². The first kappa shape index (κ1) is 35.7. The van der Waals surface area contributed by atoms with Crippen molar-refractivity contribution in [2.24, 2.45) is 17.8 Å². The lowest BCUT2D eigenvalue weighted by Gasteiger charge is -2.19. The van der Waals surface area contributed by atoms with E-state index in [1.54, 1.807) is 13.0 Å². The molecule has 2 N–H and O–H groups in total. The number of hydrogen-bond acceptors (Lipinski definition) is 10. The van der Waals surface area contributed by atoms with Gasteiger partial charge in [-0.2, -0.15) is 0 Å². The standard InChI is InChI=1S/C30H47NO10/c1-8-20(5)17-37-29(35)40-25-12-11-23(15-26(25)41-30(36)38-18-21(6)9-2)14-24(28(33)34)31-16-22(7)39-27(32)13-10-19(3)4/h11-12,15,19-22,24,31H,8-10,13-14,16-18H2,1-7H3,(H,33,34)/t20?,21?,22?,24-/m0/s1. The molecule has 1 aromatic rings. The largest absolute Gasteiger partial charge is 0.513 e. The molecular formula is C30H47NO10. The van der Waals surface area contributed by atoms with Gasteiger partial charge in [0.1, 0.15) is 12.1 Å². The molecule has 0 aliphatic carbocycles. The van der Waals surface area contributed by atoms with Crippen LogP contribution in [-0.4, -0.2) is 61.3 Å². The van der Waals surface area contributed by atoms with Crippen molar-refractivity contribution in [3.63, 3.8) is 0 Å². The lowest BCUT2D eigenvalue weighted by Crippen LogP contribution is -2.42. The van der Waals surface area contributed by atoms with Gasteiger partial charge in [0.25, 0.3) is 0 Å². The molecule has 0 radical (unpaired) electrons. The normalized spacial score (nSPS) is 14.0. The SMILES string of the molecule is CCC(C)COC(=O)Oc1ccc(C[C@H](NCC(C)OC(=O)CCC(C)C)C(=O)O)cc1OC(=O)OCC(C)CC. The Hall–Kier alpha value is -3.34. The molecule has 4 atom stereocenters. The average Bonchev–Trinajstić information content (AvgIpc) is 2.92. The van der Waals surface area contributed by atoms with Crippen LogP contribution in [0.2, 0.25) is 0 Å². The van der Waals surface area contributed by atoms with Crippen molar-refractivity contribution in [3.05, 3.63) is 23.8 Å². The zero-order chi connectivity index (χ0) is 30.9. The molecule has 0 heterocycles. The fraction of sp³-hybridized carbons (Fsp3) is 0.667. The first-order valence-corrected chi connectivity index (χ1v) is 14.3. The summed E-state index contributed by atoms with van der Waals surface area (Å²) in [6.45, 7) is 13.9. The van der Waals surface area contributed by atoms with Crippen LogP contribution in [0.5, 0.6) is 11.5 Å². The molecule has 0 amide bonds. The number of carboxylic acid groups (broad SMARTS) is 1. The van der Waals surface area contributed by atoms with Gasteiger partial charge < -0.3 is 34.1 Å². The molecule has 0 aliphatic rings. The number of esters is 1. The van der Waals surface area contributed by atoms with Crippen LogP contribution in [0.3, 0.4) is 0 Å². The van der Waals surface area contributed by atoms with Crippen LogP contribution in [0.1, 0.15) is 79.7 Å². The summed E-state index contributed by atoms with van der Waals surface area (Å²) in [5.74, 6) is -1.01. The quantitative estimate of drug-likeness (QED) is 0.124. The second kappa shape index (κ2) is 18.9. The van der Waals surface area contributed by atoms with Gasteiger partial charge in [0, 0.05) is 13.0 Å². The molecule has 41 heavy (non-hydrogen) atoms. The van der Waals surface area contributed by atoms with Gasteiger partial charge in [-0.1, -0.05) is 60.5 Å². The summed E-state index contributed by atoms with van der Waals surface area (Å²) in [6.07, 6.45) is 0.149. The van der Waals surface area contributed by atoms with Gasteiger partial charge in [-0.15, -0.1) is 0 Å². The lowest BCUT2D eigenvalue weighted by molar-refractivity contribution is -0.148. The Morgan fingerprint density at radius 1 is 0.854 bits per heavy atom. The molecule has 11 nitrogen and oxygen atoms in total. The molecule has 0 aliphatic heterocycles. The predicted molar refractivity (Wildman–Crippen MR) is 152 cm³/mol. The highest BCUT2D eigenvalue weighted by atomic mass is 16.7. The monoisotopic (exact) mass is 581 g/mol.